The Balaban J connectivity index is 1.54. The van der Waals surface area contributed by atoms with Gasteiger partial charge in [0.05, 0.1) is 0 Å². The van der Waals surface area contributed by atoms with Crippen LogP contribution in [0.4, 0.5) is 0 Å². The number of carbonyl (C=O) groups excluding carboxylic acids is 1. The van der Waals surface area contributed by atoms with Gasteiger partial charge in [-0.25, -0.2) is 4.79 Å². The molecule has 1 heterocycles. The maximum absolute atomic E-state index is 11.5. The highest BCUT2D eigenvalue weighted by Crippen LogP contribution is 2.12. The first-order chi connectivity index (χ1) is 8.86. The van der Waals surface area contributed by atoms with Gasteiger partial charge in [0, 0.05) is 19.7 Å². The molecule has 0 aliphatic carbocycles. The number of esters is 1. The van der Waals surface area contributed by atoms with Gasteiger partial charge in [0.25, 0.3) is 0 Å². The highest BCUT2D eigenvalue weighted by molar-refractivity contribution is 5.74. The second-order valence-electron chi connectivity index (χ2n) is 4.33. The van der Waals surface area contributed by atoms with Crippen molar-refractivity contribution >= 4 is 5.97 Å². The van der Waals surface area contributed by atoms with Gasteiger partial charge in [0.1, 0.15) is 6.61 Å². The molecule has 1 aliphatic heterocycles. The van der Waals surface area contributed by atoms with E-state index in [1.807, 2.05) is 18.2 Å². The predicted molar refractivity (Wildman–Crippen MR) is 68.1 cm³/mol. The molecule has 0 spiro atoms. The molecule has 4 heteroatoms. The quantitative estimate of drug-likeness (QED) is 0.613. The van der Waals surface area contributed by atoms with Crippen molar-refractivity contribution < 1.29 is 14.3 Å². The van der Waals surface area contributed by atoms with Crippen molar-refractivity contribution in [2.75, 3.05) is 19.8 Å². The van der Waals surface area contributed by atoms with E-state index in [4.69, 9.17) is 9.47 Å². The smallest absolute Gasteiger partial charge is 0.335 e. The summed E-state index contributed by atoms with van der Waals surface area (Å²) in [5.74, 6) is -0.228. The van der Waals surface area contributed by atoms with Crippen LogP contribution in [0.1, 0.15) is 18.4 Å². The number of benzene rings is 1. The summed E-state index contributed by atoms with van der Waals surface area (Å²) in [5, 5.41) is 3.23. The molecule has 1 atom stereocenters. The van der Waals surface area contributed by atoms with Gasteiger partial charge in [-0.1, -0.05) is 30.3 Å². The fraction of sp³-hybridized carbons (Fsp3) is 0.500. The summed E-state index contributed by atoms with van der Waals surface area (Å²) in [6.07, 6.45) is 1.40. The molecule has 1 fully saturated rings. The summed E-state index contributed by atoms with van der Waals surface area (Å²) in [6, 6.07) is 10.1. The van der Waals surface area contributed by atoms with E-state index in [9.17, 15) is 4.79 Å². The molecule has 0 bridgehead atoms. The molecule has 18 heavy (non-hydrogen) atoms. The highest BCUT2D eigenvalue weighted by atomic mass is 16.6. The van der Waals surface area contributed by atoms with Crippen LogP contribution >= 0.6 is 0 Å². The molecule has 1 N–H and O–H groups in total. The first kappa shape index (κ1) is 13.1. The Kier molecular flexibility index (Phi) is 5.17. The van der Waals surface area contributed by atoms with Crippen LogP contribution in [-0.4, -0.2) is 31.8 Å². The van der Waals surface area contributed by atoms with Crippen molar-refractivity contribution in [3.8, 4) is 0 Å². The third kappa shape index (κ3) is 4.13. The highest BCUT2D eigenvalue weighted by Gasteiger charge is 2.24. The molecule has 0 aromatic heterocycles. The fourth-order valence-corrected chi connectivity index (χ4v) is 1.91. The Bertz CT molecular complexity index is 361. The van der Waals surface area contributed by atoms with Crippen LogP contribution in [-0.2, 0) is 20.8 Å². The van der Waals surface area contributed by atoms with Gasteiger partial charge >= 0.3 is 5.97 Å². The molecular formula is C14H19NO3. The van der Waals surface area contributed by atoms with Crippen LogP contribution in [0.25, 0.3) is 0 Å². The van der Waals surface area contributed by atoms with Gasteiger partial charge < -0.3 is 14.8 Å². The zero-order valence-corrected chi connectivity index (χ0v) is 10.4. The SMILES string of the molecule is O=C(OCCNCc1ccccc1)C1CCCO1. The van der Waals surface area contributed by atoms with Crippen molar-refractivity contribution in [1.29, 1.82) is 0 Å². The van der Waals surface area contributed by atoms with E-state index in [2.05, 4.69) is 17.4 Å². The fourth-order valence-electron chi connectivity index (χ4n) is 1.91. The van der Waals surface area contributed by atoms with Crippen LogP contribution < -0.4 is 5.32 Å². The number of carbonyl (C=O) groups is 1. The van der Waals surface area contributed by atoms with E-state index in [1.54, 1.807) is 0 Å². The van der Waals surface area contributed by atoms with Crippen LogP contribution in [0.2, 0.25) is 0 Å². The second-order valence-corrected chi connectivity index (χ2v) is 4.33. The monoisotopic (exact) mass is 249 g/mol. The lowest BCUT2D eigenvalue weighted by atomic mass is 10.2. The van der Waals surface area contributed by atoms with E-state index < -0.39 is 0 Å². The van der Waals surface area contributed by atoms with E-state index >= 15 is 0 Å². The van der Waals surface area contributed by atoms with E-state index in [0.29, 0.717) is 19.8 Å². The lowest BCUT2D eigenvalue weighted by molar-refractivity contribution is -0.154. The summed E-state index contributed by atoms with van der Waals surface area (Å²) in [4.78, 5) is 11.5. The molecule has 1 aromatic carbocycles. The molecule has 1 unspecified atom stereocenters. The Morgan fingerprint density at radius 2 is 2.22 bits per heavy atom. The number of rotatable bonds is 6. The lowest BCUT2D eigenvalue weighted by Gasteiger charge is -2.10. The summed E-state index contributed by atoms with van der Waals surface area (Å²) < 4.78 is 10.4. The third-order valence-corrected chi connectivity index (χ3v) is 2.89. The van der Waals surface area contributed by atoms with Crippen molar-refractivity contribution in [2.45, 2.75) is 25.5 Å². The standard InChI is InChI=1S/C14H19NO3/c16-14(13-7-4-9-17-13)18-10-8-15-11-12-5-2-1-3-6-12/h1-3,5-6,13,15H,4,7-11H2. The van der Waals surface area contributed by atoms with Gasteiger partial charge in [-0.15, -0.1) is 0 Å². The third-order valence-electron chi connectivity index (χ3n) is 2.89. The van der Waals surface area contributed by atoms with Crippen molar-refractivity contribution in [3.05, 3.63) is 35.9 Å². The molecule has 4 nitrogen and oxygen atoms in total. The van der Waals surface area contributed by atoms with Crippen molar-refractivity contribution in [2.24, 2.45) is 0 Å². The minimum absolute atomic E-state index is 0.228. The maximum atomic E-state index is 11.5. The molecule has 0 radical (unpaired) electrons. The molecule has 1 aliphatic rings. The van der Waals surface area contributed by atoms with Crippen molar-refractivity contribution in [1.82, 2.24) is 5.32 Å². The zero-order chi connectivity index (χ0) is 12.6. The first-order valence-corrected chi connectivity index (χ1v) is 6.39. The van der Waals surface area contributed by atoms with Crippen LogP contribution in [0, 0.1) is 0 Å². The average molecular weight is 249 g/mol. The van der Waals surface area contributed by atoms with E-state index in [0.717, 1.165) is 19.4 Å². The van der Waals surface area contributed by atoms with Crippen LogP contribution in [0.15, 0.2) is 30.3 Å². The first-order valence-electron chi connectivity index (χ1n) is 6.39. The topological polar surface area (TPSA) is 47.6 Å². The molecule has 98 valence electrons. The van der Waals surface area contributed by atoms with Gasteiger partial charge in [-0.3, -0.25) is 0 Å². The van der Waals surface area contributed by atoms with E-state index in [1.165, 1.54) is 5.56 Å². The summed E-state index contributed by atoms with van der Waals surface area (Å²) in [7, 11) is 0. The maximum Gasteiger partial charge on any atom is 0.335 e. The Morgan fingerprint density at radius 3 is 2.94 bits per heavy atom. The Labute approximate surface area is 107 Å². The zero-order valence-electron chi connectivity index (χ0n) is 10.4. The molecule has 1 saturated heterocycles. The van der Waals surface area contributed by atoms with Crippen molar-refractivity contribution in [3.63, 3.8) is 0 Å². The van der Waals surface area contributed by atoms with Crippen LogP contribution in [0.3, 0.4) is 0 Å². The number of hydrogen-bond donors (Lipinski definition) is 1. The molecule has 1 aromatic rings. The van der Waals surface area contributed by atoms with Gasteiger partial charge in [-0.2, -0.15) is 0 Å². The van der Waals surface area contributed by atoms with Gasteiger partial charge in [-0.05, 0) is 18.4 Å². The minimum atomic E-state index is -0.334. The Morgan fingerprint density at radius 1 is 1.39 bits per heavy atom. The number of ether oxygens (including phenoxy) is 2. The summed E-state index contributed by atoms with van der Waals surface area (Å²) >= 11 is 0. The average Bonchev–Trinajstić information content (AvgIpc) is 2.93. The summed E-state index contributed by atoms with van der Waals surface area (Å²) in [5.41, 5.74) is 1.22. The Hall–Kier alpha value is -1.39. The van der Waals surface area contributed by atoms with Gasteiger partial charge in [0.15, 0.2) is 6.10 Å². The summed E-state index contributed by atoms with van der Waals surface area (Å²) in [6.45, 7) is 2.52. The normalized spacial score (nSPS) is 18.8. The predicted octanol–water partition coefficient (Wildman–Crippen LogP) is 1.50. The molecule has 2 rings (SSSR count). The molecule has 0 saturated carbocycles. The lowest BCUT2D eigenvalue weighted by Crippen LogP contribution is -2.26. The second kappa shape index (κ2) is 7.13. The van der Waals surface area contributed by atoms with Crippen LogP contribution in [0.5, 0.6) is 0 Å². The number of nitrogens with one attached hydrogen (secondary N) is 1. The largest absolute Gasteiger partial charge is 0.462 e. The molecular weight excluding hydrogens is 230 g/mol. The minimum Gasteiger partial charge on any atom is -0.462 e. The molecule has 0 amide bonds. The number of hydrogen-bond acceptors (Lipinski definition) is 4. The van der Waals surface area contributed by atoms with E-state index in [-0.39, 0.29) is 12.1 Å². The van der Waals surface area contributed by atoms with Gasteiger partial charge in [0.2, 0.25) is 0 Å².